The van der Waals surface area contributed by atoms with E-state index < -0.39 is 18.7 Å². The van der Waals surface area contributed by atoms with E-state index in [0.29, 0.717) is 53.4 Å². The predicted molar refractivity (Wildman–Crippen MR) is 158 cm³/mol. The Kier molecular flexibility index (Phi) is 6.71. The fourth-order valence-electron chi connectivity index (χ4n) is 5.00. The number of carbonyl (C=O) groups excluding carboxylic acids is 1. The lowest BCUT2D eigenvalue weighted by molar-refractivity contribution is -0.111. The van der Waals surface area contributed by atoms with Crippen LogP contribution in [-0.4, -0.2) is 71.2 Å². The molecule has 1 amide bonds. The summed E-state index contributed by atoms with van der Waals surface area (Å²) in [4.78, 5) is 37.7. The van der Waals surface area contributed by atoms with Gasteiger partial charge in [-0.2, -0.15) is 4.98 Å². The first kappa shape index (κ1) is 24.1. The van der Waals surface area contributed by atoms with Gasteiger partial charge < -0.3 is 25.2 Å². The number of hydrogen-bond donors (Lipinski definition) is 2. The van der Waals surface area contributed by atoms with Gasteiger partial charge in [0.1, 0.15) is 17.4 Å². The molecule has 0 aliphatic carbocycles. The highest BCUT2D eigenvalue weighted by atomic mass is 19.1. The van der Waals surface area contributed by atoms with E-state index in [0.717, 1.165) is 18.1 Å². The van der Waals surface area contributed by atoms with Crippen molar-refractivity contribution in [3.05, 3.63) is 71.0 Å². The Morgan fingerprint density at radius 1 is 1.27 bits per heavy atom. The molecule has 0 fully saturated rings. The maximum absolute atomic E-state index is 14.5. The summed E-state index contributed by atoms with van der Waals surface area (Å²) in [6, 6.07) is 7.70. The first-order chi connectivity index (χ1) is 20.9. The van der Waals surface area contributed by atoms with Crippen LogP contribution in [0.2, 0.25) is 0 Å². The van der Waals surface area contributed by atoms with Crippen molar-refractivity contribution in [2.24, 2.45) is 0 Å². The lowest BCUT2D eigenvalue weighted by Gasteiger charge is -2.26. The van der Waals surface area contributed by atoms with Gasteiger partial charge in [0.15, 0.2) is 0 Å². The first-order valence-corrected chi connectivity index (χ1v) is 13.0. The van der Waals surface area contributed by atoms with Gasteiger partial charge in [0.2, 0.25) is 11.9 Å². The van der Waals surface area contributed by atoms with Gasteiger partial charge in [0.05, 0.1) is 35.2 Å². The van der Waals surface area contributed by atoms with Gasteiger partial charge in [0, 0.05) is 55.2 Å². The fourth-order valence-corrected chi connectivity index (χ4v) is 5.00. The van der Waals surface area contributed by atoms with E-state index in [1.807, 2.05) is 0 Å². The third-order valence-corrected chi connectivity index (χ3v) is 6.95. The number of methoxy groups -OCH3 is 1. The van der Waals surface area contributed by atoms with Crippen LogP contribution in [-0.2, 0) is 17.8 Å². The number of imidazole rings is 1. The van der Waals surface area contributed by atoms with E-state index in [4.69, 9.17) is 8.85 Å². The third-order valence-electron chi connectivity index (χ3n) is 6.95. The van der Waals surface area contributed by atoms with E-state index in [-0.39, 0.29) is 24.0 Å². The summed E-state index contributed by atoms with van der Waals surface area (Å²) < 4.78 is 46.0. The average molecular weight is 564 g/mol. The summed E-state index contributed by atoms with van der Waals surface area (Å²) in [5.74, 6) is -0.118. The van der Waals surface area contributed by atoms with E-state index >= 15 is 0 Å². The van der Waals surface area contributed by atoms with Crippen molar-refractivity contribution in [1.82, 2.24) is 24.0 Å². The first-order valence-electron chi connectivity index (χ1n) is 14.5. The number of likely N-dealkylation sites (N-methyl/N-ethyl adjacent to an activating group) is 2. The van der Waals surface area contributed by atoms with Crippen LogP contribution in [0.4, 0.5) is 27.4 Å². The second kappa shape index (κ2) is 11.4. The topological polar surface area (TPSA) is 110 Å². The molecular formula is C29H33FN8O3. The van der Waals surface area contributed by atoms with Gasteiger partial charge in [0.25, 0.3) is 0 Å². The fraction of sp³-hybridized carbons (Fsp3) is 0.310. The van der Waals surface area contributed by atoms with Crippen molar-refractivity contribution in [2.45, 2.75) is 19.4 Å². The standard InChI is InChI=1S/C29H33FN8O3/c1-6-26(39)32-20-16-21(24(41-5)17-22(20)36(4)13-12-35(2)3)33-28-31-10-9-25(34-28)38-23-15-19(30)14-18-8-7-11-37(27(18)23)29(38)40/h6,9-10,14-17H,1,7-8,11-13H2,2-5H3,(H,32,39)(H,31,33,34)/i2D3. The van der Waals surface area contributed by atoms with Gasteiger partial charge in [-0.1, -0.05) is 6.58 Å². The molecular weight excluding hydrogens is 527 g/mol. The Balaban J connectivity index is 1.51. The Hall–Kier alpha value is -4.71. The molecule has 0 atom stereocenters. The SMILES string of the molecule is [2H]C([2H])([2H])N(C)CCN(C)c1cc(OC)c(Nc2nccc(-n3c(=O)n4c5c(cc(F)cc53)CCC4)n2)cc1NC(=O)C=C. The van der Waals surface area contributed by atoms with Crippen molar-refractivity contribution in [3.8, 4) is 11.6 Å². The number of amides is 1. The molecule has 2 aromatic carbocycles. The Morgan fingerprint density at radius 2 is 2.10 bits per heavy atom. The molecule has 0 unspecified atom stereocenters. The van der Waals surface area contributed by atoms with Gasteiger partial charge in [-0.25, -0.2) is 18.7 Å². The summed E-state index contributed by atoms with van der Waals surface area (Å²) in [7, 11) is 4.76. The lowest BCUT2D eigenvalue weighted by Crippen LogP contribution is -2.29. The summed E-state index contributed by atoms with van der Waals surface area (Å²) in [5, 5.41) is 5.89. The molecule has 1 aliphatic heterocycles. The van der Waals surface area contributed by atoms with Crippen molar-refractivity contribution < 1.29 is 18.0 Å². The molecule has 2 aromatic heterocycles. The maximum atomic E-state index is 14.5. The van der Waals surface area contributed by atoms with Crippen LogP contribution < -0.4 is 26.0 Å². The number of aromatic nitrogens is 4. The molecule has 1 aliphatic rings. The van der Waals surface area contributed by atoms with Crippen molar-refractivity contribution in [2.75, 3.05) is 56.8 Å². The number of hydrogen-bond acceptors (Lipinski definition) is 8. The number of nitrogens with one attached hydrogen (secondary N) is 2. The highest BCUT2D eigenvalue weighted by Crippen LogP contribution is 2.38. The molecule has 5 rings (SSSR count). The largest absolute Gasteiger partial charge is 0.494 e. The second-order valence-electron chi connectivity index (χ2n) is 9.78. The van der Waals surface area contributed by atoms with Crippen LogP contribution in [0.25, 0.3) is 16.9 Å². The Bertz CT molecular complexity index is 1800. The van der Waals surface area contributed by atoms with Crippen LogP contribution in [0.15, 0.2) is 54.0 Å². The maximum Gasteiger partial charge on any atom is 0.334 e. The number of carbonyl (C=O) groups is 1. The highest BCUT2D eigenvalue weighted by molar-refractivity contribution is 6.02. The molecule has 214 valence electrons. The molecule has 3 heterocycles. The zero-order chi connectivity index (χ0) is 31.8. The molecule has 0 radical (unpaired) electrons. The summed E-state index contributed by atoms with van der Waals surface area (Å²) >= 11 is 0. The number of halogens is 1. The number of rotatable bonds is 10. The highest BCUT2D eigenvalue weighted by Gasteiger charge is 2.23. The Labute approximate surface area is 241 Å². The van der Waals surface area contributed by atoms with E-state index in [1.54, 1.807) is 34.7 Å². The van der Waals surface area contributed by atoms with E-state index in [9.17, 15) is 14.0 Å². The number of nitrogens with zero attached hydrogens (tertiary/aromatic N) is 6. The van der Waals surface area contributed by atoms with Crippen LogP contribution in [0.1, 0.15) is 16.1 Å². The zero-order valence-electron chi connectivity index (χ0n) is 26.1. The molecule has 0 saturated carbocycles. The van der Waals surface area contributed by atoms with Crippen LogP contribution >= 0.6 is 0 Å². The van der Waals surface area contributed by atoms with Crippen LogP contribution in [0.5, 0.6) is 5.75 Å². The molecule has 41 heavy (non-hydrogen) atoms. The minimum atomic E-state index is -2.24. The van der Waals surface area contributed by atoms with Crippen LogP contribution in [0, 0.1) is 5.82 Å². The Morgan fingerprint density at radius 3 is 2.85 bits per heavy atom. The molecule has 12 heteroatoms. The number of anilines is 4. The van der Waals surface area contributed by atoms with Crippen molar-refractivity contribution in [3.63, 3.8) is 0 Å². The molecule has 11 nitrogen and oxygen atoms in total. The van der Waals surface area contributed by atoms with Crippen LogP contribution in [0.3, 0.4) is 0 Å². The number of ether oxygens (including phenoxy) is 1. The molecule has 0 bridgehead atoms. The van der Waals surface area contributed by atoms with Gasteiger partial charge in [-0.05, 0) is 50.6 Å². The molecule has 0 spiro atoms. The molecule has 2 N–H and O–H groups in total. The summed E-state index contributed by atoms with van der Waals surface area (Å²) in [5.41, 5.74) is 2.96. The normalized spacial score (nSPS) is 13.8. The summed E-state index contributed by atoms with van der Waals surface area (Å²) in [6.45, 7) is 2.37. The number of benzene rings is 2. The minimum absolute atomic E-state index is 0.126. The van der Waals surface area contributed by atoms with Gasteiger partial charge >= 0.3 is 5.69 Å². The van der Waals surface area contributed by atoms with Gasteiger partial charge in [-0.15, -0.1) is 0 Å². The average Bonchev–Trinajstić information content (AvgIpc) is 3.27. The van der Waals surface area contributed by atoms with Crippen molar-refractivity contribution >= 4 is 40.0 Å². The quantitative estimate of drug-likeness (QED) is 0.282. The van der Waals surface area contributed by atoms with Gasteiger partial charge in [-0.3, -0.25) is 9.36 Å². The predicted octanol–water partition coefficient (Wildman–Crippen LogP) is 3.54. The smallest absolute Gasteiger partial charge is 0.334 e. The number of aryl methyl sites for hydroxylation is 2. The zero-order valence-corrected chi connectivity index (χ0v) is 23.1. The second-order valence-corrected chi connectivity index (χ2v) is 9.78. The minimum Gasteiger partial charge on any atom is -0.494 e. The molecule has 4 aromatic rings. The van der Waals surface area contributed by atoms with Crippen molar-refractivity contribution in [1.29, 1.82) is 0 Å². The third kappa shape index (κ3) is 5.50. The molecule has 0 saturated heterocycles. The van der Waals surface area contributed by atoms with E-state index in [2.05, 4.69) is 27.2 Å². The van der Waals surface area contributed by atoms with E-state index in [1.165, 1.54) is 42.0 Å². The summed E-state index contributed by atoms with van der Waals surface area (Å²) in [6.07, 6.45) is 4.03. The monoisotopic (exact) mass is 563 g/mol. The lowest BCUT2D eigenvalue weighted by atomic mass is 10.0.